The molecule has 4 rings (SSSR count). The van der Waals surface area contributed by atoms with E-state index in [2.05, 4.69) is 35.6 Å². The van der Waals surface area contributed by atoms with E-state index in [0.717, 1.165) is 81.1 Å². The summed E-state index contributed by atoms with van der Waals surface area (Å²) in [6, 6.07) is 10.1. The number of ether oxygens (including phenoxy) is 2. The number of hydrogen-bond acceptors (Lipinski definition) is 5. The Bertz CT molecular complexity index is 1190. The van der Waals surface area contributed by atoms with Crippen LogP contribution in [-0.2, 0) is 31.4 Å². The van der Waals surface area contributed by atoms with Gasteiger partial charge in [-0.15, -0.1) is 0 Å². The highest BCUT2D eigenvalue weighted by Crippen LogP contribution is 2.32. The molecular formula is C34H46BrClF6N2O4. The zero-order valence-electron chi connectivity index (χ0n) is 27.4. The second-order valence-corrected chi connectivity index (χ2v) is 12.6. The first kappa shape index (κ1) is 43.5. The van der Waals surface area contributed by atoms with Crippen LogP contribution in [0.15, 0.2) is 53.0 Å². The van der Waals surface area contributed by atoms with Gasteiger partial charge < -0.3 is 32.1 Å². The number of quaternary nitrogens is 1. The second kappa shape index (κ2) is 22.3. The average molecular weight is 776 g/mol. The molecule has 0 amide bonds. The monoisotopic (exact) mass is 774 g/mol. The van der Waals surface area contributed by atoms with Crippen LogP contribution in [0.3, 0.4) is 0 Å². The van der Waals surface area contributed by atoms with Gasteiger partial charge in [-0.2, -0.15) is 26.3 Å². The number of piperidine rings is 2. The van der Waals surface area contributed by atoms with Crippen LogP contribution in [0, 0.1) is 11.8 Å². The van der Waals surface area contributed by atoms with Crippen molar-refractivity contribution in [3.05, 3.63) is 64.1 Å². The molecule has 2 heterocycles. The number of carbonyl (C=O) groups is 2. The van der Waals surface area contributed by atoms with Crippen molar-refractivity contribution in [2.75, 3.05) is 45.3 Å². The largest absolute Gasteiger partial charge is 1.00 e. The number of carbonyl (C=O) groups excluding carboxylic acids is 2. The SMILES string of the molecule is COC(=O)CCCC1CCN(c2ccc(C(F)(F)F)cc2)CC1.COC(=O)CCCC1CC[NH2+]CC1.FC(F)(F)c1ccc(Br)cc1.[Cl-]. The van der Waals surface area contributed by atoms with Crippen molar-refractivity contribution in [2.24, 2.45) is 11.8 Å². The van der Waals surface area contributed by atoms with Gasteiger partial charge in [0.25, 0.3) is 0 Å². The Kier molecular flexibility index (Phi) is 20.2. The van der Waals surface area contributed by atoms with Gasteiger partial charge in [-0.1, -0.05) is 15.9 Å². The first-order chi connectivity index (χ1) is 22.2. The number of nitrogens with two attached hydrogens (primary N) is 1. The lowest BCUT2D eigenvalue weighted by Gasteiger charge is -2.33. The van der Waals surface area contributed by atoms with Crippen molar-refractivity contribution < 1.29 is 63.1 Å². The maximum atomic E-state index is 12.6. The molecule has 0 aromatic heterocycles. The summed E-state index contributed by atoms with van der Waals surface area (Å²) in [5.41, 5.74) is -0.398. The molecule has 48 heavy (non-hydrogen) atoms. The Labute approximate surface area is 293 Å². The summed E-state index contributed by atoms with van der Waals surface area (Å²) in [6.07, 6.45) is 1.19. The Morgan fingerprint density at radius 3 is 1.52 bits per heavy atom. The standard InChI is InChI=1S/C17H22F3NO2.C10H19NO2.C7H4BrF3.ClH/c1-23-16(22)4-2-3-13-9-11-21(12-10-13)15-7-5-14(6-8-15)17(18,19)20;1-13-10(12)4-2-3-9-5-7-11-8-6-9;8-6-3-1-5(2-4-6)7(9,10)11;/h5-8,13H,2-4,9-12H2,1H3;9,11H,2-8H2,1H3;1-4H;1H. The minimum absolute atomic E-state index is 0. The molecule has 2 aliphatic heterocycles. The third-order valence-corrected chi connectivity index (χ3v) is 8.87. The third kappa shape index (κ3) is 17.2. The van der Waals surface area contributed by atoms with E-state index in [9.17, 15) is 35.9 Å². The zero-order valence-corrected chi connectivity index (χ0v) is 29.7. The van der Waals surface area contributed by atoms with Gasteiger partial charge in [-0.25, -0.2) is 0 Å². The molecule has 0 atom stereocenters. The van der Waals surface area contributed by atoms with Crippen molar-refractivity contribution in [3.63, 3.8) is 0 Å². The molecule has 2 aromatic carbocycles. The van der Waals surface area contributed by atoms with Crippen LogP contribution in [0.1, 0.15) is 75.3 Å². The lowest BCUT2D eigenvalue weighted by atomic mass is 9.91. The number of anilines is 1. The number of rotatable bonds is 9. The Morgan fingerprint density at radius 2 is 1.12 bits per heavy atom. The van der Waals surface area contributed by atoms with Gasteiger partial charge in [-0.05, 0) is 112 Å². The van der Waals surface area contributed by atoms with E-state index in [1.165, 1.54) is 58.7 Å². The highest BCUT2D eigenvalue weighted by Gasteiger charge is 2.31. The fourth-order valence-corrected chi connectivity index (χ4v) is 5.80. The quantitative estimate of drug-likeness (QED) is 0.286. The Hall–Kier alpha value is -2.51. The lowest BCUT2D eigenvalue weighted by molar-refractivity contribution is -0.664. The molecule has 272 valence electrons. The first-order valence-electron chi connectivity index (χ1n) is 15.9. The maximum absolute atomic E-state index is 12.6. The molecule has 0 saturated carbocycles. The van der Waals surface area contributed by atoms with Crippen LogP contribution in [0.4, 0.5) is 32.0 Å². The molecule has 0 spiro atoms. The smallest absolute Gasteiger partial charge is 0.416 e. The van der Waals surface area contributed by atoms with Crippen molar-refractivity contribution >= 4 is 33.6 Å². The second-order valence-electron chi connectivity index (χ2n) is 11.7. The predicted molar refractivity (Wildman–Crippen MR) is 172 cm³/mol. The fraction of sp³-hybridized carbons (Fsp3) is 0.588. The van der Waals surface area contributed by atoms with Gasteiger partial charge in [0, 0.05) is 36.1 Å². The topological polar surface area (TPSA) is 72.4 Å². The lowest BCUT2D eigenvalue weighted by Crippen LogP contribution is -3.00. The molecule has 2 aromatic rings. The van der Waals surface area contributed by atoms with E-state index in [0.29, 0.717) is 23.2 Å². The highest BCUT2D eigenvalue weighted by molar-refractivity contribution is 9.10. The van der Waals surface area contributed by atoms with E-state index < -0.39 is 23.5 Å². The van der Waals surface area contributed by atoms with Crippen molar-refractivity contribution in [1.29, 1.82) is 0 Å². The van der Waals surface area contributed by atoms with E-state index >= 15 is 0 Å². The zero-order chi connectivity index (χ0) is 34.9. The van der Waals surface area contributed by atoms with Gasteiger partial charge in [-0.3, -0.25) is 9.59 Å². The minimum atomic E-state index is -4.29. The molecule has 0 bridgehead atoms. The molecule has 0 radical (unpaired) electrons. The summed E-state index contributed by atoms with van der Waals surface area (Å²) in [6.45, 7) is 4.22. The molecular weight excluding hydrogens is 730 g/mol. The summed E-state index contributed by atoms with van der Waals surface area (Å²) in [5.74, 6) is 1.19. The third-order valence-electron chi connectivity index (χ3n) is 8.35. The molecule has 0 unspecified atom stereocenters. The Morgan fingerprint density at radius 1 is 0.729 bits per heavy atom. The highest BCUT2D eigenvalue weighted by atomic mass is 79.9. The van der Waals surface area contributed by atoms with Crippen LogP contribution in [-0.4, -0.2) is 52.3 Å². The van der Waals surface area contributed by atoms with Crippen molar-refractivity contribution in [3.8, 4) is 0 Å². The van der Waals surface area contributed by atoms with Gasteiger partial charge in [0.05, 0.1) is 38.4 Å². The van der Waals surface area contributed by atoms with E-state index in [1.54, 1.807) is 12.1 Å². The van der Waals surface area contributed by atoms with E-state index in [-0.39, 0.29) is 24.3 Å². The normalized spacial score (nSPS) is 15.6. The number of hydrogen-bond donors (Lipinski definition) is 1. The van der Waals surface area contributed by atoms with Crippen LogP contribution in [0.5, 0.6) is 0 Å². The number of benzene rings is 2. The van der Waals surface area contributed by atoms with Gasteiger partial charge in [0.2, 0.25) is 0 Å². The van der Waals surface area contributed by atoms with Crippen LogP contribution in [0.25, 0.3) is 0 Å². The molecule has 2 N–H and O–H groups in total. The molecule has 6 nitrogen and oxygen atoms in total. The number of alkyl halides is 6. The van der Waals surface area contributed by atoms with Crippen LogP contribution >= 0.6 is 15.9 Å². The maximum Gasteiger partial charge on any atom is 0.416 e. The summed E-state index contributed by atoms with van der Waals surface area (Å²) < 4.78 is 83.3. The average Bonchev–Trinajstić information content (AvgIpc) is 3.05. The summed E-state index contributed by atoms with van der Waals surface area (Å²) in [4.78, 5) is 24.0. The predicted octanol–water partition coefficient (Wildman–Crippen LogP) is 5.04. The van der Waals surface area contributed by atoms with Gasteiger partial charge in [0.1, 0.15) is 0 Å². The van der Waals surface area contributed by atoms with Crippen molar-refractivity contribution in [1.82, 2.24) is 0 Å². The van der Waals surface area contributed by atoms with E-state index in [4.69, 9.17) is 0 Å². The van der Waals surface area contributed by atoms with Crippen LogP contribution < -0.4 is 22.6 Å². The van der Waals surface area contributed by atoms with Gasteiger partial charge in [0.15, 0.2) is 0 Å². The fourth-order valence-electron chi connectivity index (χ4n) is 5.54. The number of esters is 2. The first-order valence-corrected chi connectivity index (χ1v) is 16.7. The molecule has 2 aliphatic rings. The molecule has 2 fully saturated rings. The van der Waals surface area contributed by atoms with E-state index in [1.807, 2.05) is 0 Å². The summed E-state index contributed by atoms with van der Waals surface area (Å²) in [7, 11) is 2.85. The molecule has 14 heteroatoms. The number of methoxy groups -OCH3 is 2. The summed E-state index contributed by atoms with van der Waals surface area (Å²) in [5, 5.41) is 2.37. The van der Waals surface area contributed by atoms with Crippen molar-refractivity contribution in [2.45, 2.75) is 76.6 Å². The number of halogens is 8. The Balaban J connectivity index is 0.000000391. The van der Waals surface area contributed by atoms with Crippen LogP contribution in [0.2, 0.25) is 0 Å². The molecule has 0 aliphatic carbocycles. The number of nitrogens with zero attached hydrogens (tertiary/aromatic N) is 1. The summed E-state index contributed by atoms with van der Waals surface area (Å²) >= 11 is 3.04. The molecule has 2 saturated heterocycles. The minimum Gasteiger partial charge on any atom is -1.00 e. The van der Waals surface area contributed by atoms with Gasteiger partial charge >= 0.3 is 24.3 Å².